The minimum absolute atomic E-state index is 0.219. The van der Waals surface area contributed by atoms with E-state index in [2.05, 4.69) is 45.4 Å². The van der Waals surface area contributed by atoms with Crippen LogP contribution in [0.3, 0.4) is 0 Å². The fourth-order valence-electron chi connectivity index (χ4n) is 4.75. The number of aromatic nitrogens is 2. The van der Waals surface area contributed by atoms with Crippen LogP contribution in [0.15, 0.2) is 59.1 Å². The molecule has 34 heavy (non-hydrogen) atoms. The summed E-state index contributed by atoms with van der Waals surface area (Å²) >= 11 is 0. The van der Waals surface area contributed by atoms with Crippen molar-refractivity contribution in [1.82, 2.24) is 15.0 Å². The quantitative estimate of drug-likeness (QED) is 0.438. The zero-order valence-electron chi connectivity index (χ0n) is 19.1. The molecule has 8 nitrogen and oxygen atoms in total. The van der Waals surface area contributed by atoms with Gasteiger partial charge in [-0.15, -0.1) is 0 Å². The standard InChI is InChI=1S/C26H29N3O5/c30-25(31)33-22-15-29(16-22)14-20-7-9-21(10-8-20)24-27-23(34-28-24)17-32-18-26(11-4-12-26)13-19-5-2-1-3-6-19/h1-3,5-10,22H,4,11-18H2,(H,30,31). The van der Waals surface area contributed by atoms with Gasteiger partial charge in [0.1, 0.15) is 12.7 Å². The molecule has 0 unspecified atom stereocenters. The first kappa shape index (κ1) is 22.6. The van der Waals surface area contributed by atoms with Gasteiger partial charge in [-0.1, -0.05) is 66.2 Å². The predicted octanol–water partition coefficient (Wildman–Crippen LogP) is 4.55. The predicted molar refractivity (Wildman–Crippen MR) is 124 cm³/mol. The zero-order valence-corrected chi connectivity index (χ0v) is 19.1. The first-order chi connectivity index (χ1) is 16.6. The molecule has 0 bridgehead atoms. The van der Waals surface area contributed by atoms with E-state index in [0.29, 0.717) is 38.0 Å². The molecule has 1 saturated heterocycles. The Kier molecular flexibility index (Phi) is 6.60. The molecule has 1 N–H and O–H groups in total. The highest BCUT2D eigenvalue weighted by molar-refractivity contribution is 5.57. The molecule has 5 rings (SSSR count). The molecule has 0 amide bonds. The number of likely N-dealkylation sites (tertiary alicyclic amines) is 1. The molecule has 0 radical (unpaired) electrons. The summed E-state index contributed by atoms with van der Waals surface area (Å²) in [5.74, 6) is 1.03. The van der Waals surface area contributed by atoms with Crippen LogP contribution in [0.5, 0.6) is 0 Å². The van der Waals surface area contributed by atoms with Crippen LogP contribution in [0.2, 0.25) is 0 Å². The minimum Gasteiger partial charge on any atom is -0.450 e. The summed E-state index contributed by atoms with van der Waals surface area (Å²) in [5, 5.41) is 12.8. The Morgan fingerprint density at radius 2 is 1.85 bits per heavy atom. The average Bonchev–Trinajstić information content (AvgIpc) is 3.26. The highest BCUT2D eigenvalue weighted by Gasteiger charge is 2.37. The van der Waals surface area contributed by atoms with Gasteiger partial charge in [-0.25, -0.2) is 4.79 Å². The third kappa shape index (κ3) is 5.46. The third-order valence-corrected chi connectivity index (χ3v) is 6.75. The second-order valence-electron chi connectivity index (χ2n) is 9.42. The Bertz CT molecular complexity index is 1090. The summed E-state index contributed by atoms with van der Waals surface area (Å²) in [4.78, 5) is 17.2. The van der Waals surface area contributed by atoms with Crippen LogP contribution in [0.25, 0.3) is 11.4 Å². The van der Waals surface area contributed by atoms with Crippen LogP contribution in [0.1, 0.15) is 36.3 Å². The largest absolute Gasteiger partial charge is 0.506 e. The molecule has 1 aromatic heterocycles. The molecule has 2 fully saturated rings. The van der Waals surface area contributed by atoms with Gasteiger partial charge in [0.15, 0.2) is 0 Å². The van der Waals surface area contributed by atoms with Crippen molar-refractivity contribution in [3.05, 3.63) is 71.6 Å². The van der Waals surface area contributed by atoms with Crippen molar-refractivity contribution in [2.45, 2.75) is 44.9 Å². The highest BCUT2D eigenvalue weighted by Crippen LogP contribution is 2.44. The lowest BCUT2D eigenvalue weighted by Crippen LogP contribution is -2.52. The lowest BCUT2D eigenvalue weighted by molar-refractivity contribution is -0.0363. The van der Waals surface area contributed by atoms with Crippen molar-refractivity contribution in [3.8, 4) is 11.4 Å². The average molecular weight is 464 g/mol. The second-order valence-corrected chi connectivity index (χ2v) is 9.42. The van der Waals surface area contributed by atoms with Crippen molar-refractivity contribution in [3.63, 3.8) is 0 Å². The fourth-order valence-corrected chi connectivity index (χ4v) is 4.75. The Morgan fingerprint density at radius 1 is 1.09 bits per heavy atom. The smallest absolute Gasteiger partial charge is 0.450 e. The molecule has 2 heterocycles. The normalized spacial score (nSPS) is 17.6. The monoisotopic (exact) mass is 463 g/mol. The van der Waals surface area contributed by atoms with Crippen LogP contribution in [-0.2, 0) is 29.0 Å². The lowest BCUT2D eigenvalue weighted by atomic mass is 9.66. The van der Waals surface area contributed by atoms with Crippen LogP contribution in [0.4, 0.5) is 4.79 Å². The molecule has 2 aromatic carbocycles. The van der Waals surface area contributed by atoms with Crippen LogP contribution in [-0.4, -0.2) is 52.1 Å². The Labute approximate surface area is 198 Å². The van der Waals surface area contributed by atoms with Gasteiger partial charge < -0.3 is 19.1 Å². The van der Waals surface area contributed by atoms with E-state index in [1.54, 1.807) is 0 Å². The van der Waals surface area contributed by atoms with E-state index in [4.69, 9.17) is 19.1 Å². The lowest BCUT2D eigenvalue weighted by Gasteiger charge is -2.41. The zero-order chi connectivity index (χ0) is 23.4. The van der Waals surface area contributed by atoms with E-state index in [1.165, 1.54) is 24.8 Å². The molecule has 1 aliphatic carbocycles. The molecule has 178 valence electrons. The minimum atomic E-state index is -1.21. The first-order valence-corrected chi connectivity index (χ1v) is 11.7. The highest BCUT2D eigenvalue weighted by atomic mass is 16.7. The maximum absolute atomic E-state index is 10.6. The van der Waals surface area contributed by atoms with Crippen LogP contribution < -0.4 is 0 Å². The molecule has 8 heteroatoms. The number of hydrogen-bond acceptors (Lipinski definition) is 7. The summed E-state index contributed by atoms with van der Waals surface area (Å²) in [6.07, 6.45) is 3.23. The molecule has 1 aliphatic heterocycles. The van der Waals surface area contributed by atoms with Crippen molar-refractivity contribution >= 4 is 6.16 Å². The molecule has 0 atom stereocenters. The van der Waals surface area contributed by atoms with E-state index < -0.39 is 6.16 Å². The van der Waals surface area contributed by atoms with E-state index in [0.717, 1.165) is 24.1 Å². The summed E-state index contributed by atoms with van der Waals surface area (Å²) in [6, 6.07) is 18.6. The Hall–Kier alpha value is -3.23. The molecular formula is C26H29N3O5. The summed E-state index contributed by atoms with van der Waals surface area (Å²) < 4.78 is 16.2. The molecule has 2 aliphatic rings. The Balaban J connectivity index is 1.09. The summed E-state index contributed by atoms with van der Waals surface area (Å²) in [5.41, 5.74) is 3.59. The maximum atomic E-state index is 10.6. The van der Waals surface area contributed by atoms with Gasteiger partial charge in [-0.3, -0.25) is 4.90 Å². The van der Waals surface area contributed by atoms with Crippen LogP contribution in [0, 0.1) is 5.41 Å². The first-order valence-electron chi connectivity index (χ1n) is 11.7. The fraction of sp³-hybridized carbons (Fsp3) is 0.423. The molecule has 0 spiro atoms. The van der Waals surface area contributed by atoms with Gasteiger partial charge in [-0.2, -0.15) is 4.98 Å². The number of rotatable bonds is 10. The van der Waals surface area contributed by atoms with Gasteiger partial charge in [0, 0.05) is 25.2 Å². The van der Waals surface area contributed by atoms with E-state index in [9.17, 15) is 4.79 Å². The molecule has 3 aromatic rings. The third-order valence-electron chi connectivity index (χ3n) is 6.75. The number of hydrogen-bond donors (Lipinski definition) is 1. The maximum Gasteiger partial charge on any atom is 0.506 e. The van der Waals surface area contributed by atoms with E-state index in [1.807, 2.05) is 24.3 Å². The molecular weight excluding hydrogens is 434 g/mol. The van der Waals surface area contributed by atoms with E-state index >= 15 is 0 Å². The summed E-state index contributed by atoms with van der Waals surface area (Å²) in [7, 11) is 0. The van der Waals surface area contributed by atoms with Gasteiger partial charge in [-0.05, 0) is 35.8 Å². The number of carboxylic acid groups (broad SMARTS) is 1. The Morgan fingerprint density at radius 3 is 2.53 bits per heavy atom. The number of nitrogens with zero attached hydrogens (tertiary/aromatic N) is 3. The van der Waals surface area contributed by atoms with Gasteiger partial charge in [0.05, 0.1) is 6.61 Å². The SMILES string of the molecule is O=C(O)OC1CN(Cc2ccc(-c3noc(COCC4(Cc5ccccc5)CCC4)n3)cc2)C1. The summed E-state index contributed by atoms with van der Waals surface area (Å²) in [6.45, 7) is 3.00. The van der Waals surface area contributed by atoms with Gasteiger partial charge in [0.25, 0.3) is 5.89 Å². The second kappa shape index (κ2) is 9.95. The number of ether oxygens (including phenoxy) is 2. The number of benzene rings is 2. The molecule has 1 saturated carbocycles. The van der Waals surface area contributed by atoms with Crippen molar-refractivity contribution < 1.29 is 23.9 Å². The van der Waals surface area contributed by atoms with Gasteiger partial charge in [0.2, 0.25) is 5.82 Å². The topological polar surface area (TPSA) is 97.9 Å². The van der Waals surface area contributed by atoms with E-state index in [-0.39, 0.29) is 11.5 Å². The number of carbonyl (C=O) groups is 1. The van der Waals surface area contributed by atoms with Crippen molar-refractivity contribution in [2.24, 2.45) is 5.41 Å². The van der Waals surface area contributed by atoms with Crippen LogP contribution >= 0.6 is 0 Å². The van der Waals surface area contributed by atoms with Crippen molar-refractivity contribution in [2.75, 3.05) is 19.7 Å². The van der Waals surface area contributed by atoms with Gasteiger partial charge >= 0.3 is 6.16 Å². The van der Waals surface area contributed by atoms with Crippen molar-refractivity contribution in [1.29, 1.82) is 0 Å².